The molecule has 8 nitrogen and oxygen atoms in total. The molecule has 0 rings (SSSR count). The van der Waals surface area contributed by atoms with Gasteiger partial charge in [-0.05, 0) is 54.4 Å². The summed E-state index contributed by atoms with van der Waals surface area (Å²) in [5.41, 5.74) is -1.39. The van der Waals surface area contributed by atoms with E-state index in [0.29, 0.717) is 0 Å². The number of ether oxygens (including phenoxy) is 2. The molecule has 2 atom stereocenters. The SMILES string of the molecule is CC(CCC(=O)NC(CCC(=O)OC(C)(C)C)C(=O)OC(C)(C)C)C(=O)O. The van der Waals surface area contributed by atoms with Crippen LogP contribution in [-0.2, 0) is 28.7 Å². The van der Waals surface area contributed by atoms with Gasteiger partial charge in [0.15, 0.2) is 0 Å². The molecule has 0 aliphatic carbocycles. The van der Waals surface area contributed by atoms with Gasteiger partial charge in [0.2, 0.25) is 5.91 Å². The molecule has 0 aromatic heterocycles. The highest BCUT2D eigenvalue weighted by molar-refractivity contribution is 5.85. The van der Waals surface area contributed by atoms with Gasteiger partial charge in [-0.15, -0.1) is 0 Å². The van der Waals surface area contributed by atoms with E-state index in [4.69, 9.17) is 14.6 Å². The van der Waals surface area contributed by atoms with Gasteiger partial charge in [0.25, 0.3) is 0 Å². The van der Waals surface area contributed by atoms with Gasteiger partial charge < -0.3 is 19.9 Å². The van der Waals surface area contributed by atoms with E-state index in [9.17, 15) is 19.2 Å². The molecule has 0 saturated heterocycles. The number of aliphatic carboxylic acids is 1. The van der Waals surface area contributed by atoms with Gasteiger partial charge in [-0.1, -0.05) is 6.92 Å². The van der Waals surface area contributed by atoms with Gasteiger partial charge in [-0.25, -0.2) is 4.79 Å². The van der Waals surface area contributed by atoms with Crippen molar-refractivity contribution in [2.75, 3.05) is 0 Å². The summed E-state index contributed by atoms with van der Waals surface area (Å²) in [5, 5.41) is 11.4. The Morgan fingerprint density at radius 1 is 0.889 bits per heavy atom. The minimum atomic E-state index is -1.01. The fourth-order valence-electron chi connectivity index (χ4n) is 2.01. The van der Waals surface area contributed by atoms with Crippen molar-refractivity contribution in [2.24, 2.45) is 5.92 Å². The number of carboxylic acids is 1. The highest BCUT2D eigenvalue weighted by Crippen LogP contribution is 2.14. The van der Waals surface area contributed by atoms with E-state index >= 15 is 0 Å². The number of hydrogen-bond acceptors (Lipinski definition) is 6. The van der Waals surface area contributed by atoms with Crippen LogP contribution in [0.5, 0.6) is 0 Å². The molecule has 1 amide bonds. The summed E-state index contributed by atoms with van der Waals surface area (Å²) in [4.78, 5) is 47.2. The molecule has 0 radical (unpaired) electrons. The highest BCUT2D eigenvalue weighted by atomic mass is 16.6. The minimum absolute atomic E-state index is 0.0318. The first kappa shape index (κ1) is 24.9. The number of carbonyl (C=O) groups is 4. The molecule has 156 valence electrons. The second-order valence-electron chi connectivity index (χ2n) is 8.56. The molecule has 0 bridgehead atoms. The van der Waals surface area contributed by atoms with Gasteiger partial charge >= 0.3 is 17.9 Å². The third-order valence-electron chi connectivity index (χ3n) is 3.31. The van der Waals surface area contributed by atoms with Gasteiger partial charge in [0.1, 0.15) is 17.2 Å². The maximum absolute atomic E-state index is 12.4. The zero-order valence-electron chi connectivity index (χ0n) is 17.4. The topological polar surface area (TPSA) is 119 Å². The van der Waals surface area contributed by atoms with Crippen molar-refractivity contribution >= 4 is 23.8 Å². The van der Waals surface area contributed by atoms with E-state index < -0.39 is 47.0 Å². The summed E-state index contributed by atoms with van der Waals surface area (Å²) in [5.74, 6) is -3.26. The van der Waals surface area contributed by atoms with Crippen molar-refractivity contribution in [1.82, 2.24) is 5.32 Å². The molecule has 8 heteroatoms. The average Bonchev–Trinajstić information content (AvgIpc) is 2.45. The van der Waals surface area contributed by atoms with Crippen LogP contribution in [0.3, 0.4) is 0 Å². The molecular weight excluding hydrogens is 354 g/mol. The lowest BCUT2D eigenvalue weighted by atomic mass is 10.1. The third kappa shape index (κ3) is 12.8. The summed E-state index contributed by atoms with van der Waals surface area (Å²) < 4.78 is 10.5. The number of amides is 1. The Hall–Kier alpha value is -2.12. The van der Waals surface area contributed by atoms with Crippen molar-refractivity contribution in [1.29, 1.82) is 0 Å². The Kier molecular flexibility index (Phi) is 9.47. The summed E-state index contributed by atoms with van der Waals surface area (Å²) in [6.07, 6.45) is 0.0739. The van der Waals surface area contributed by atoms with Crippen LogP contribution in [0.15, 0.2) is 0 Å². The number of rotatable bonds is 9. The predicted octanol–water partition coefficient (Wildman–Crippen LogP) is 2.44. The van der Waals surface area contributed by atoms with Gasteiger partial charge in [-0.3, -0.25) is 14.4 Å². The normalized spacial score (nSPS) is 14.0. The van der Waals surface area contributed by atoms with Gasteiger partial charge in [-0.2, -0.15) is 0 Å². The van der Waals surface area contributed by atoms with Crippen molar-refractivity contribution < 1.29 is 33.8 Å². The Labute approximate surface area is 161 Å². The number of carbonyl (C=O) groups excluding carboxylic acids is 3. The molecule has 27 heavy (non-hydrogen) atoms. The lowest BCUT2D eigenvalue weighted by Gasteiger charge is -2.25. The molecule has 0 aromatic carbocycles. The van der Waals surface area contributed by atoms with Crippen molar-refractivity contribution in [3.8, 4) is 0 Å². The fourth-order valence-corrected chi connectivity index (χ4v) is 2.01. The molecule has 0 aromatic rings. The van der Waals surface area contributed by atoms with Crippen LogP contribution in [0.2, 0.25) is 0 Å². The van der Waals surface area contributed by atoms with E-state index in [2.05, 4.69) is 5.32 Å². The van der Waals surface area contributed by atoms with Crippen LogP contribution in [0.1, 0.15) is 74.1 Å². The minimum Gasteiger partial charge on any atom is -0.481 e. The number of esters is 2. The molecule has 0 heterocycles. The van der Waals surface area contributed by atoms with E-state index in [1.54, 1.807) is 41.5 Å². The highest BCUT2D eigenvalue weighted by Gasteiger charge is 2.28. The maximum Gasteiger partial charge on any atom is 0.329 e. The smallest absolute Gasteiger partial charge is 0.329 e. The molecular formula is C19H33NO7. The quantitative estimate of drug-likeness (QED) is 0.583. The second kappa shape index (κ2) is 10.3. The standard InChI is InChI=1S/C19H33NO7/c1-12(16(23)24)8-10-14(21)20-13(17(25)27-19(5,6)7)9-11-15(22)26-18(2,3)4/h12-13H,8-11H2,1-7H3,(H,20,21)(H,23,24). The van der Waals surface area contributed by atoms with Crippen molar-refractivity contribution in [3.63, 3.8) is 0 Å². The first-order chi connectivity index (χ1) is 12.1. The Morgan fingerprint density at radius 2 is 1.41 bits per heavy atom. The lowest BCUT2D eigenvalue weighted by molar-refractivity contribution is -0.160. The summed E-state index contributed by atoms with van der Waals surface area (Å²) in [6.45, 7) is 11.8. The van der Waals surface area contributed by atoms with Gasteiger partial charge in [0.05, 0.1) is 5.92 Å². The first-order valence-corrected chi connectivity index (χ1v) is 9.07. The number of hydrogen-bond donors (Lipinski definition) is 2. The van der Waals surface area contributed by atoms with Crippen molar-refractivity contribution in [2.45, 2.75) is 91.4 Å². The van der Waals surface area contributed by atoms with Crippen LogP contribution < -0.4 is 5.32 Å². The van der Waals surface area contributed by atoms with Crippen LogP contribution in [-0.4, -0.2) is 46.2 Å². The summed E-state index contributed by atoms with van der Waals surface area (Å²) in [6, 6.07) is -1.01. The first-order valence-electron chi connectivity index (χ1n) is 9.07. The zero-order valence-corrected chi connectivity index (χ0v) is 17.4. The molecule has 0 saturated carbocycles. The van der Waals surface area contributed by atoms with E-state index in [-0.39, 0.29) is 25.7 Å². The molecule has 0 fully saturated rings. The molecule has 0 aliphatic rings. The molecule has 0 spiro atoms. The van der Waals surface area contributed by atoms with Gasteiger partial charge in [0, 0.05) is 12.8 Å². The van der Waals surface area contributed by atoms with E-state index in [1.807, 2.05) is 0 Å². The van der Waals surface area contributed by atoms with Crippen LogP contribution in [0, 0.1) is 5.92 Å². The summed E-state index contributed by atoms with van der Waals surface area (Å²) >= 11 is 0. The predicted molar refractivity (Wildman–Crippen MR) is 98.9 cm³/mol. The number of nitrogens with one attached hydrogen (secondary N) is 1. The maximum atomic E-state index is 12.4. The third-order valence-corrected chi connectivity index (χ3v) is 3.31. The monoisotopic (exact) mass is 387 g/mol. The Balaban J connectivity index is 4.88. The largest absolute Gasteiger partial charge is 0.481 e. The zero-order chi connectivity index (χ0) is 21.4. The van der Waals surface area contributed by atoms with E-state index in [0.717, 1.165) is 0 Å². The van der Waals surface area contributed by atoms with Crippen LogP contribution >= 0.6 is 0 Å². The molecule has 2 unspecified atom stereocenters. The van der Waals surface area contributed by atoms with Crippen molar-refractivity contribution in [3.05, 3.63) is 0 Å². The molecule has 0 aliphatic heterocycles. The number of carboxylic acid groups (broad SMARTS) is 1. The Bertz CT molecular complexity index is 543. The van der Waals surface area contributed by atoms with Crippen LogP contribution in [0.25, 0.3) is 0 Å². The lowest BCUT2D eigenvalue weighted by Crippen LogP contribution is -2.44. The summed E-state index contributed by atoms with van der Waals surface area (Å²) in [7, 11) is 0. The van der Waals surface area contributed by atoms with Crippen LogP contribution in [0.4, 0.5) is 0 Å². The molecule has 2 N–H and O–H groups in total. The second-order valence-corrected chi connectivity index (χ2v) is 8.56. The fraction of sp³-hybridized carbons (Fsp3) is 0.789. The average molecular weight is 387 g/mol. The van der Waals surface area contributed by atoms with E-state index in [1.165, 1.54) is 6.92 Å². The Morgan fingerprint density at radius 3 is 1.85 bits per heavy atom.